The first-order valence-corrected chi connectivity index (χ1v) is 11.3. The number of likely N-dealkylation sites (tertiary alicyclic amines) is 1. The van der Waals surface area contributed by atoms with Crippen LogP contribution in [0.5, 0.6) is 0 Å². The summed E-state index contributed by atoms with van der Waals surface area (Å²) < 4.78 is 86.3. The molecule has 6 nitrogen and oxygen atoms in total. The van der Waals surface area contributed by atoms with Crippen molar-refractivity contribution in [2.45, 2.75) is 69.3 Å². The quantitative estimate of drug-likeness (QED) is 0.278. The number of benzene rings is 1. The number of nitrogens with zero attached hydrogens (tertiary/aromatic N) is 2. The van der Waals surface area contributed by atoms with Crippen LogP contribution >= 0.6 is 0 Å². The molecular weight excluding hydrogens is 480 g/mol. The van der Waals surface area contributed by atoms with E-state index in [1.165, 1.54) is 4.90 Å². The molecule has 12 heteroatoms. The van der Waals surface area contributed by atoms with Crippen molar-refractivity contribution in [2.24, 2.45) is 5.41 Å². The van der Waals surface area contributed by atoms with Crippen molar-refractivity contribution in [3.8, 4) is 6.07 Å². The van der Waals surface area contributed by atoms with Gasteiger partial charge in [0.15, 0.2) is 23.3 Å². The molecule has 2 unspecified atom stereocenters. The second kappa shape index (κ2) is 9.33. The van der Waals surface area contributed by atoms with Crippen LogP contribution in [0.25, 0.3) is 0 Å². The SMILES string of the molecule is N#CC1CC(F)CN1C(=O)CNC12CCC(C(=O)OCc3c(F)c(F)c(F)c(F)c3F)(CC1)CC2. The van der Waals surface area contributed by atoms with E-state index in [0.717, 1.165) is 0 Å². The van der Waals surface area contributed by atoms with E-state index in [-0.39, 0.29) is 25.4 Å². The van der Waals surface area contributed by atoms with Crippen molar-refractivity contribution >= 4 is 11.9 Å². The van der Waals surface area contributed by atoms with Gasteiger partial charge in [-0.1, -0.05) is 0 Å². The van der Waals surface area contributed by atoms with E-state index in [0.29, 0.717) is 38.5 Å². The van der Waals surface area contributed by atoms with Gasteiger partial charge in [-0.15, -0.1) is 0 Å². The van der Waals surface area contributed by atoms with Gasteiger partial charge in [0.1, 0.15) is 18.8 Å². The van der Waals surface area contributed by atoms with Crippen LogP contribution in [-0.4, -0.2) is 47.6 Å². The van der Waals surface area contributed by atoms with Crippen LogP contribution in [0.4, 0.5) is 26.3 Å². The molecule has 35 heavy (non-hydrogen) atoms. The standard InChI is InChI=1S/C23H23F6N3O3/c24-12-7-13(8-30)32(10-12)15(33)9-31-23-4-1-22(2-5-23,3-6-23)21(34)35-11-14-16(25)18(27)20(29)19(28)17(14)26/h12-13,31H,1-7,9-11H2. The Hall–Kier alpha value is -2.81. The highest BCUT2D eigenvalue weighted by Crippen LogP contribution is 2.53. The second-order valence-electron chi connectivity index (χ2n) is 9.56. The zero-order valence-corrected chi connectivity index (χ0v) is 18.6. The predicted molar refractivity (Wildman–Crippen MR) is 108 cm³/mol. The fraction of sp³-hybridized carbons (Fsp3) is 0.609. The fourth-order valence-corrected chi connectivity index (χ4v) is 5.37. The first-order valence-electron chi connectivity index (χ1n) is 11.3. The lowest BCUT2D eigenvalue weighted by molar-refractivity contribution is -0.165. The lowest BCUT2D eigenvalue weighted by Gasteiger charge is -2.52. The summed E-state index contributed by atoms with van der Waals surface area (Å²) in [5, 5.41) is 12.3. The molecule has 0 aromatic heterocycles. The molecule has 1 N–H and O–H groups in total. The van der Waals surface area contributed by atoms with Crippen LogP contribution in [0.15, 0.2) is 0 Å². The summed E-state index contributed by atoms with van der Waals surface area (Å²) >= 11 is 0. The molecule has 1 aliphatic heterocycles. The number of carbonyl (C=O) groups is 2. The normalized spacial score (nSPS) is 29.8. The molecule has 1 amide bonds. The summed E-state index contributed by atoms with van der Waals surface area (Å²) in [5.74, 6) is -11.7. The number of nitriles is 1. The predicted octanol–water partition coefficient (Wildman–Crippen LogP) is 3.57. The highest BCUT2D eigenvalue weighted by molar-refractivity contribution is 5.80. The summed E-state index contributed by atoms with van der Waals surface area (Å²) in [6, 6.07) is 1.13. The lowest BCUT2D eigenvalue weighted by atomic mass is 9.57. The Bertz CT molecular complexity index is 1040. The topological polar surface area (TPSA) is 82.4 Å². The van der Waals surface area contributed by atoms with Crippen molar-refractivity contribution in [1.29, 1.82) is 5.26 Å². The highest BCUT2D eigenvalue weighted by Gasteiger charge is 2.53. The largest absolute Gasteiger partial charge is 0.460 e. The van der Waals surface area contributed by atoms with Gasteiger partial charge in [0, 0.05) is 12.0 Å². The number of hydrogen-bond donors (Lipinski definition) is 1. The van der Waals surface area contributed by atoms with Gasteiger partial charge in [-0.2, -0.15) is 5.26 Å². The minimum atomic E-state index is -2.28. The highest BCUT2D eigenvalue weighted by atomic mass is 19.2. The molecule has 0 spiro atoms. The van der Waals surface area contributed by atoms with E-state index >= 15 is 0 Å². The number of esters is 1. The molecule has 4 fully saturated rings. The van der Waals surface area contributed by atoms with Crippen LogP contribution in [0, 0.1) is 45.8 Å². The minimum Gasteiger partial charge on any atom is -0.460 e. The van der Waals surface area contributed by atoms with Gasteiger partial charge in [-0.25, -0.2) is 26.3 Å². The van der Waals surface area contributed by atoms with Gasteiger partial charge in [-0.3, -0.25) is 9.59 Å². The first-order chi connectivity index (χ1) is 16.5. The molecule has 3 saturated carbocycles. The third-order valence-electron chi connectivity index (χ3n) is 7.66. The summed E-state index contributed by atoms with van der Waals surface area (Å²) in [6.07, 6.45) is 1.27. The number of halogens is 6. The third-order valence-corrected chi connectivity index (χ3v) is 7.66. The molecule has 3 aliphatic carbocycles. The van der Waals surface area contributed by atoms with Crippen LogP contribution in [-0.2, 0) is 20.9 Å². The molecular formula is C23H23F6N3O3. The van der Waals surface area contributed by atoms with Crippen LogP contribution in [0.1, 0.15) is 50.5 Å². The number of fused-ring (bicyclic) bond motifs is 3. The van der Waals surface area contributed by atoms with Crippen LogP contribution < -0.4 is 5.32 Å². The summed E-state index contributed by atoms with van der Waals surface area (Å²) in [7, 11) is 0. The molecule has 0 radical (unpaired) electrons. The Morgan fingerprint density at radius 2 is 1.51 bits per heavy atom. The number of hydrogen-bond acceptors (Lipinski definition) is 5. The molecule has 4 aliphatic rings. The number of ether oxygens (including phenoxy) is 1. The average Bonchev–Trinajstić information content (AvgIpc) is 3.26. The van der Waals surface area contributed by atoms with Gasteiger partial charge in [0.2, 0.25) is 11.7 Å². The Morgan fingerprint density at radius 3 is 2.06 bits per heavy atom. The maximum atomic E-state index is 13.9. The average molecular weight is 503 g/mol. The number of alkyl halides is 1. The summed E-state index contributed by atoms with van der Waals surface area (Å²) in [5.41, 5.74) is -2.59. The van der Waals surface area contributed by atoms with Crippen LogP contribution in [0.3, 0.4) is 0 Å². The monoisotopic (exact) mass is 503 g/mol. The summed E-state index contributed by atoms with van der Waals surface area (Å²) in [4.78, 5) is 26.5. The molecule has 5 rings (SSSR count). The molecule has 190 valence electrons. The Balaban J connectivity index is 1.34. The molecule has 2 atom stereocenters. The molecule has 1 aromatic carbocycles. The Morgan fingerprint density at radius 1 is 0.971 bits per heavy atom. The maximum Gasteiger partial charge on any atom is 0.312 e. The van der Waals surface area contributed by atoms with E-state index in [2.05, 4.69) is 5.32 Å². The first kappa shape index (κ1) is 25.3. The van der Waals surface area contributed by atoms with Crippen molar-refractivity contribution < 1.29 is 40.7 Å². The minimum absolute atomic E-state index is 0.0109. The van der Waals surface area contributed by atoms with E-state index in [1.807, 2.05) is 6.07 Å². The lowest BCUT2D eigenvalue weighted by Crippen LogP contribution is -2.58. The van der Waals surface area contributed by atoms with Crippen molar-refractivity contribution in [2.75, 3.05) is 13.1 Å². The van der Waals surface area contributed by atoms with Gasteiger partial charge in [0.25, 0.3) is 0 Å². The molecule has 2 bridgehead atoms. The fourth-order valence-electron chi connectivity index (χ4n) is 5.37. The van der Waals surface area contributed by atoms with E-state index in [4.69, 9.17) is 10.00 Å². The maximum absolute atomic E-state index is 13.9. The number of carbonyl (C=O) groups excluding carboxylic acids is 2. The van der Waals surface area contributed by atoms with E-state index in [1.54, 1.807) is 0 Å². The van der Waals surface area contributed by atoms with E-state index < -0.39 is 70.4 Å². The summed E-state index contributed by atoms with van der Waals surface area (Å²) in [6.45, 7) is -1.29. The van der Waals surface area contributed by atoms with Gasteiger partial charge < -0.3 is 15.0 Å². The van der Waals surface area contributed by atoms with Crippen LogP contribution in [0.2, 0.25) is 0 Å². The number of nitrogens with one attached hydrogen (secondary N) is 1. The second-order valence-corrected chi connectivity index (χ2v) is 9.56. The van der Waals surface area contributed by atoms with Gasteiger partial charge in [-0.05, 0) is 38.5 Å². The van der Waals surface area contributed by atoms with E-state index in [9.17, 15) is 35.9 Å². The van der Waals surface area contributed by atoms with Gasteiger partial charge >= 0.3 is 5.97 Å². The zero-order chi connectivity index (χ0) is 25.5. The molecule has 1 aromatic rings. The number of amides is 1. The Labute approximate surface area is 197 Å². The van der Waals surface area contributed by atoms with Crippen molar-refractivity contribution in [3.63, 3.8) is 0 Å². The zero-order valence-electron chi connectivity index (χ0n) is 18.6. The third kappa shape index (κ3) is 4.46. The van der Waals surface area contributed by atoms with Crippen molar-refractivity contribution in [3.05, 3.63) is 34.6 Å². The number of rotatable bonds is 6. The van der Waals surface area contributed by atoms with Crippen molar-refractivity contribution in [1.82, 2.24) is 10.2 Å². The Kier molecular flexibility index (Phi) is 6.74. The molecule has 1 heterocycles. The smallest absolute Gasteiger partial charge is 0.312 e. The molecule has 1 saturated heterocycles. The van der Waals surface area contributed by atoms with Gasteiger partial charge in [0.05, 0.1) is 30.1 Å².